The molecule has 0 aliphatic heterocycles. The zero-order valence-electron chi connectivity index (χ0n) is 12.3. The van der Waals surface area contributed by atoms with E-state index < -0.39 is 30.4 Å². The lowest BCUT2D eigenvalue weighted by atomic mass is 9.95. The number of ether oxygens (including phenoxy) is 1. The molecule has 1 atom stereocenters. The molecular formula is C13H22N2O5S. The minimum atomic E-state index is -1.28. The maximum Gasteiger partial charge on any atom is 0.326 e. The zero-order valence-corrected chi connectivity index (χ0v) is 13.1. The molecule has 7 nitrogen and oxygen atoms in total. The monoisotopic (exact) mass is 318 g/mol. The van der Waals surface area contributed by atoms with Gasteiger partial charge in [-0.2, -0.15) is 11.8 Å². The van der Waals surface area contributed by atoms with Crippen LogP contribution < -0.4 is 10.6 Å². The van der Waals surface area contributed by atoms with Crippen LogP contribution in [-0.4, -0.2) is 53.8 Å². The summed E-state index contributed by atoms with van der Waals surface area (Å²) >= 11 is 1.83. The van der Waals surface area contributed by atoms with E-state index in [0.29, 0.717) is 5.25 Å². The van der Waals surface area contributed by atoms with Crippen molar-refractivity contribution in [3.63, 3.8) is 0 Å². The highest BCUT2D eigenvalue weighted by molar-refractivity contribution is 7.99. The van der Waals surface area contributed by atoms with Crippen molar-refractivity contribution >= 4 is 29.7 Å². The number of urea groups is 1. The summed E-state index contributed by atoms with van der Waals surface area (Å²) in [6.45, 7) is 0. The number of thioether (sulfide) groups is 1. The van der Waals surface area contributed by atoms with Gasteiger partial charge in [-0.05, 0) is 31.9 Å². The number of carboxylic acids is 1. The number of hydrogen-bond donors (Lipinski definition) is 3. The van der Waals surface area contributed by atoms with Gasteiger partial charge in [0.05, 0.1) is 13.5 Å². The zero-order chi connectivity index (χ0) is 15.8. The molecule has 0 bridgehead atoms. The van der Waals surface area contributed by atoms with Gasteiger partial charge in [0.25, 0.3) is 0 Å². The summed E-state index contributed by atoms with van der Waals surface area (Å²) in [5.74, 6) is -1.94. The van der Waals surface area contributed by atoms with E-state index in [1.807, 2.05) is 11.8 Å². The van der Waals surface area contributed by atoms with Crippen LogP contribution in [0.1, 0.15) is 32.1 Å². The fourth-order valence-electron chi connectivity index (χ4n) is 2.28. The Bertz CT molecular complexity index is 383. The molecule has 1 rings (SSSR count). The van der Waals surface area contributed by atoms with Crippen molar-refractivity contribution in [1.82, 2.24) is 10.6 Å². The number of methoxy groups -OCH3 is 1. The SMILES string of the molecule is COC(=O)C[C@H](NC(=O)NC1CCC(SC)CC1)C(=O)O. The molecule has 0 aromatic heterocycles. The normalized spacial score (nSPS) is 23.0. The summed E-state index contributed by atoms with van der Waals surface area (Å²) in [6.07, 6.45) is 5.53. The number of esters is 1. The summed E-state index contributed by atoms with van der Waals surface area (Å²) in [6, 6.07) is -1.78. The second-order valence-electron chi connectivity index (χ2n) is 5.00. The van der Waals surface area contributed by atoms with Gasteiger partial charge in [-0.25, -0.2) is 9.59 Å². The third-order valence-corrected chi connectivity index (χ3v) is 4.68. The first kappa shape index (κ1) is 17.6. The van der Waals surface area contributed by atoms with Crippen molar-refractivity contribution in [2.24, 2.45) is 0 Å². The number of hydrogen-bond acceptors (Lipinski definition) is 5. The number of carboxylic acid groups (broad SMARTS) is 1. The van der Waals surface area contributed by atoms with Crippen LogP contribution in [0.5, 0.6) is 0 Å². The smallest absolute Gasteiger partial charge is 0.326 e. The lowest BCUT2D eigenvalue weighted by Gasteiger charge is -2.28. The standard InChI is InChI=1S/C13H22N2O5S/c1-20-11(16)7-10(12(17)18)15-13(19)14-8-3-5-9(21-2)6-4-8/h8-10H,3-7H2,1-2H3,(H,17,18)(H2,14,15,19)/t8?,9?,10-/m0/s1. The number of carbonyl (C=O) groups is 3. The fraction of sp³-hybridized carbons (Fsp3) is 0.769. The first-order valence-electron chi connectivity index (χ1n) is 6.85. The largest absolute Gasteiger partial charge is 0.480 e. The predicted molar refractivity (Wildman–Crippen MR) is 79.3 cm³/mol. The van der Waals surface area contributed by atoms with Gasteiger partial charge in [0, 0.05) is 11.3 Å². The molecule has 0 radical (unpaired) electrons. The van der Waals surface area contributed by atoms with Gasteiger partial charge in [0.15, 0.2) is 0 Å². The van der Waals surface area contributed by atoms with Crippen LogP contribution in [0.3, 0.4) is 0 Å². The molecule has 8 heteroatoms. The molecule has 2 amide bonds. The third-order valence-electron chi connectivity index (χ3n) is 3.54. The van der Waals surface area contributed by atoms with E-state index in [2.05, 4.69) is 21.6 Å². The molecule has 0 saturated heterocycles. The van der Waals surface area contributed by atoms with E-state index in [1.54, 1.807) is 0 Å². The quantitative estimate of drug-likeness (QED) is 0.631. The Kier molecular flexibility index (Phi) is 7.35. The molecule has 1 aliphatic carbocycles. The summed E-state index contributed by atoms with van der Waals surface area (Å²) in [7, 11) is 1.17. The van der Waals surface area contributed by atoms with Crippen LogP contribution in [0.15, 0.2) is 0 Å². The fourth-order valence-corrected chi connectivity index (χ4v) is 3.02. The van der Waals surface area contributed by atoms with E-state index in [0.717, 1.165) is 25.7 Å². The molecule has 0 heterocycles. The Morgan fingerprint density at radius 2 is 1.90 bits per heavy atom. The summed E-state index contributed by atoms with van der Waals surface area (Å²) in [5.41, 5.74) is 0. The van der Waals surface area contributed by atoms with Gasteiger partial charge in [-0.15, -0.1) is 0 Å². The van der Waals surface area contributed by atoms with E-state index in [-0.39, 0.29) is 6.04 Å². The maximum atomic E-state index is 11.8. The first-order chi connectivity index (χ1) is 9.96. The summed E-state index contributed by atoms with van der Waals surface area (Å²) < 4.78 is 4.41. The highest BCUT2D eigenvalue weighted by Gasteiger charge is 2.26. The molecule has 1 aliphatic rings. The van der Waals surface area contributed by atoms with E-state index >= 15 is 0 Å². The second kappa shape index (κ2) is 8.76. The van der Waals surface area contributed by atoms with Gasteiger partial charge in [-0.3, -0.25) is 4.79 Å². The Hall–Kier alpha value is -1.44. The topological polar surface area (TPSA) is 105 Å². The van der Waals surface area contributed by atoms with Gasteiger partial charge in [0.2, 0.25) is 0 Å². The number of carbonyl (C=O) groups excluding carboxylic acids is 2. The van der Waals surface area contributed by atoms with Crippen LogP contribution in [0.2, 0.25) is 0 Å². The van der Waals surface area contributed by atoms with Crippen molar-refractivity contribution < 1.29 is 24.2 Å². The molecule has 0 unspecified atom stereocenters. The molecule has 21 heavy (non-hydrogen) atoms. The molecule has 0 aromatic rings. The third kappa shape index (κ3) is 6.24. The molecule has 120 valence electrons. The van der Waals surface area contributed by atoms with Crippen LogP contribution in [-0.2, 0) is 14.3 Å². The van der Waals surface area contributed by atoms with E-state index in [1.165, 1.54) is 7.11 Å². The van der Waals surface area contributed by atoms with Crippen molar-refractivity contribution in [1.29, 1.82) is 0 Å². The van der Waals surface area contributed by atoms with Crippen LogP contribution in [0.25, 0.3) is 0 Å². The molecule has 1 saturated carbocycles. The highest BCUT2D eigenvalue weighted by Crippen LogP contribution is 2.26. The Morgan fingerprint density at radius 1 is 1.29 bits per heavy atom. The summed E-state index contributed by atoms with van der Waals surface area (Å²) in [5, 5.41) is 14.7. The Morgan fingerprint density at radius 3 is 2.38 bits per heavy atom. The van der Waals surface area contributed by atoms with Crippen molar-refractivity contribution in [3.05, 3.63) is 0 Å². The van der Waals surface area contributed by atoms with Crippen LogP contribution in [0, 0.1) is 0 Å². The van der Waals surface area contributed by atoms with Crippen molar-refractivity contribution in [2.45, 2.75) is 49.4 Å². The van der Waals surface area contributed by atoms with Gasteiger partial charge < -0.3 is 20.5 Å². The van der Waals surface area contributed by atoms with E-state index in [4.69, 9.17) is 5.11 Å². The molecule has 0 spiro atoms. The second-order valence-corrected chi connectivity index (χ2v) is 6.14. The summed E-state index contributed by atoms with van der Waals surface area (Å²) in [4.78, 5) is 33.9. The number of aliphatic carboxylic acids is 1. The van der Waals surface area contributed by atoms with Crippen LogP contribution >= 0.6 is 11.8 Å². The van der Waals surface area contributed by atoms with Crippen molar-refractivity contribution in [3.8, 4) is 0 Å². The average Bonchev–Trinajstić information content (AvgIpc) is 2.47. The maximum absolute atomic E-state index is 11.8. The van der Waals surface area contributed by atoms with Gasteiger partial charge in [-0.1, -0.05) is 0 Å². The molecule has 0 aromatic carbocycles. The number of rotatable bonds is 6. The minimum Gasteiger partial charge on any atom is -0.480 e. The molecular weight excluding hydrogens is 296 g/mol. The van der Waals surface area contributed by atoms with E-state index in [9.17, 15) is 14.4 Å². The predicted octanol–water partition coefficient (Wildman–Crippen LogP) is 0.976. The Labute approximate surface area is 128 Å². The average molecular weight is 318 g/mol. The highest BCUT2D eigenvalue weighted by atomic mass is 32.2. The number of amides is 2. The lowest BCUT2D eigenvalue weighted by Crippen LogP contribution is -2.50. The van der Waals surface area contributed by atoms with Gasteiger partial charge in [0.1, 0.15) is 6.04 Å². The molecule has 1 fully saturated rings. The molecule has 3 N–H and O–H groups in total. The minimum absolute atomic E-state index is 0.0565. The Balaban J connectivity index is 2.40. The first-order valence-corrected chi connectivity index (χ1v) is 8.14. The van der Waals surface area contributed by atoms with Crippen molar-refractivity contribution in [2.75, 3.05) is 13.4 Å². The number of nitrogens with one attached hydrogen (secondary N) is 2. The lowest BCUT2D eigenvalue weighted by molar-refractivity contribution is -0.147. The van der Waals surface area contributed by atoms with Crippen LogP contribution in [0.4, 0.5) is 4.79 Å². The van der Waals surface area contributed by atoms with Gasteiger partial charge >= 0.3 is 18.0 Å².